The van der Waals surface area contributed by atoms with Gasteiger partial charge in [-0.05, 0) is 25.0 Å². The number of aryl methyl sites for hydroxylation is 1. The van der Waals surface area contributed by atoms with E-state index in [4.69, 9.17) is 10.7 Å². The van der Waals surface area contributed by atoms with Gasteiger partial charge in [0.1, 0.15) is 5.69 Å². The third-order valence-electron chi connectivity index (χ3n) is 5.07. The number of pyridine rings is 1. The summed E-state index contributed by atoms with van der Waals surface area (Å²) in [5.41, 5.74) is 10.3. The van der Waals surface area contributed by atoms with Crippen molar-refractivity contribution in [3.05, 3.63) is 36.9 Å². The molecule has 0 bridgehead atoms. The zero-order valence-corrected chi connectivity index (χ0v) is 15.6. The number of aromatic nitrogens is 7. The number of nitrogens with zero attached hydrogens (tertiary/aromatic N) is 7. The summed E-state index contributed by atoms with van der Waals surface area (Å²) >= 11 is 0. The van der Waals surface area contributed by atoms with E-state index in [1.165, 1.54) is 0 Å². The maximum absolute atomic E-state index is 6.11. The molecule has 1 aliphatic rings. The average Bonchev–Trinajstić information content (AvgIpc) is 3.34. The molecule has 1 atom stereocenters. The third-order valence-corrected chi connectivity index (χ3v) is 5.07. The van der Waals surface area contributed by atoms with Crippen LogP contribution in [-0.4, -0.2) is 54.1 Å². The summed E-state index contributed by atoms with van der Waals surface area (Å²) in [5, 5.41) is 12.7. The molecule has 0 amide bonds. The van der Waals surface area contributed by atoms with E-state index in [-0.39, 0.29) is 6.04 Å². The molecular weight excluding hydrogens is 354 g/mol. The van der Waals surface area contributed by atoms with Crippen LogP contribution < -0.4 is 10.6 Å². The molecule has 0 aromatic carbocycles. The smallest absolute Gasteiger partial charge is 0.225 e. The molecule has 1 fully saturated rings. The number of aromatic amines is 1. The molecule has 0 saturated carbocycles. The number of hydrogen-bond acceptors (Lipinski definition) is 7. The number of hydrogen-bond donors (Lipinski definition) is 2. The van der Waals surface area contributed by atoms with Gasteiger partial charge in [-0.15, -0.1) is 0 Å². The van der Waals surface area contributed by atoms with E-state index in [9.17, 15) is 0 Å². The van der Waals surface area contributed by atoms with E-state index in [1.807, 2.05) is 25.4 Å². The van der Waals surface area contributed by atoms with Crippen molar-refractivity contribution in [3.63, 3.8) is 0 Å². The van der Waals surface area contributed by atoms with E-state index in [0.717, 1.165) is 59.5 Å². The van der Waals surface area contributed by atoms with Crippen LogP contribution in [0.5, 0.6) is 0 Å². The largest absolute Gasteiger partial charge is 0.339 e. The average molecular weight is 375 g/mol. The second-order valence-corrected chi connectivity index (χ2v) is 7.18. The first-order valence-corrected chi connectivity index (χ1v) is 9.34. The molecule has 9 heteroatoms. The number of nitrogens with one attached hydrogen (secondary N) is 1. The second-order valence-electron chi connectivity index (χ2n) is 7.18. The van der Waals surface area contributed by atoms with E-state index >= 15 is 0 Å². The molecule has 4 aromatic rings. The van der Waals surface area contributed by atoms with Gasteiger partial charge in [0, 0.05) is 49.5 Å². The Labute approximate surface area is 161 Å². The Hall–Kier alpha value is -3.33. The van der Waals surface area contributed by atoms with Gasteiger partial charge < -0.3 is 10.6 Å². The van der Waals surface area contributed by atoms with E-state index < -0.39 is 0 Å². The Balaban J connectivity index is 1.55. The van der Waals surface area contributed by atoms with Crippen LogP contribution in [0.25, 0.3) is 33.5 Å². The molecule has 142 valence electrons. The summed E-state index contributed by atoms with van der Waals surface area (Å²) in [6, 6.07) is 4.07. The first-order chi connectivity index (χ1) is 13.7. The van der Waals surface area contributed by atoms with Crippen LogP contribution >= 0.6 is 0 Å². The summed E-state index contributed by atoms with van der Waals surface area (Å²) in [6.45, 7) is 1.70. The van der Waals surface area contributed by atoms with Gasteiger partial charge in [-0.1, -0.05) is 0 Å². The zero-order valence-electron chi connectivity index (χ0n) is 15.6. The fourth-order valence-corrected chi connectivity index (χ4v) is 3.65. The lowest BCUT2D eigenvalue weighted by Gasteiger charge is -2.30. The minimum atomic E-state index is 0.167. The van der Waals surface area contributed by atoms with Crippen LogP contribution in [0.3, 0.4) is 0 Å². The highest BCUT2D eigenvalue weighted by molar-refractivity contribution is 5.93. The van der Waals surface area contributed by atoms with Crippen LogP contribution in [0.4, 0.5) is 5.95 Å². The van der Waals surface area contributed by atoms with Gasteiger partial charge in [0.25, 0.3) is 0 Å². The highest BCUT2D eigenvalue weighted by atomic mass is 15.3. The predicted octanol–water partition coefficient (Wildman–Crippen LogP) is 1.74. The number of H-pyrrole nitrogens is 1. The molecule has 1 saturated heterocycles. The molecular formula is C19H21N9. The topological polar surface area (TPSA) is 114 Å². The summed E-state index contributed by atoms with van der Waals surface area (Å²) in [5.74, 6) is 0.699. The van der Waals surface area contributed by atoms with Crippen LogP contribution in [-0.2, 0) is 7.05 Å². The molecule has 4 aromatic heterocycles. The molecule has 1 aliphatic heterocycles. The Morgan fingerprint density at radius 2 is 2.14 bits per heavy atom. The minimum Gasteiger partial charge on any atom is -0.339 e. The Morgan fingerprint density at radius 1 is 1.21 bits per heavy atom. The zero-order chi connectivity index (χ0) is 19.1. The quantitative estimate of drug-likeness (QED) is 0.560. The molecule has 3 N–H and O–H groups in total. The molecule has 28 heavy (non-hydrogen) atoms. The monoisotopic (exact) mass is 375 g/mol. The number of piperidine rings is 1. The lowest BCUT2D eigenvalue weighted by molar-refractivity contribution is 0.500. The number of nitrogens with two attached hydrogens (primary N) is 1. The van der Waals surface area contributed by atoms with Crippen molar-refractivity contribution in [2.45, 2.75) is 18.9 Å². The van der Waals surface area contributed by atoms with E-state index in [0.29, 0.717) is 5.95 Å². The Morgan fingerprint density at radius 3 is 2.96 bits per heavy atom. The number of anilines is 1. The van der Waals surface area contributed by atoms with Gasteiger partial charge in [0.15, 0.2) is 0 Å². The molecule has 0 unspecified atom stereocenters. The summed E-state index contributed by atoms with van der Waals surface area (Å²) in [4.78, 5) is 15.9. The van der Waals surface area contributed by atoms with E-state index in [1.54, 1.807) is 23.3 Å². The molecule has 9 nitrogen and oxygen atoms in total. The lowest BCUT2D eigenvalue weighted by Crippen LogP contribution is -2.43. The van der Waals surface area contributed by atoms with Crippen LogP contribution in [0.15, 0.2) is 36.9 Å². The van der Waals surface area contributed by atoms with Gasteiger partial charge in [0.05, 0.1) is 29.3 Å². The standard InChI is InChI=1S/C19H21N9/c1-27-10-12(8-23-27)16-7-14-17(9-22-16)25-26-18(14)15-4-5-21-19(24-15)28-6-2-3-13(20)11-28/h4-5,7-10,13H,2-3,6,11,20H2,1H3,(H,25,26)/t13-/m0/s1. The van der Waals surface area contributed by atoms with Gasteiger partial charge in [0.2, 0.25) is 5.95 Å². The van der Waals surface area contributed by atoms with Crippen LogP contribution in [0.2, 0.25) is 0 Å². The first kappa shape index (κ1) is 16.8. The van der Waals surface area contributed by atoms with E-state index in [2.05, 4.69) is 30.2 Å². The van der Waals surface area contributed by atoms with Gasteiger partial charge >= 0.3 is 0 Å². The van der Waals surface area contributed by atoms with Crippen LogP contribution in [0, 0.1) is 0 Å². The van der Waals surface area contributed by atoms with Crippen molar-refractivity contribution >= 4 is 16.9 Å². The summed E-state index contributed by atoms with van der Waals surface area (Å²) < 4.78 is 1.76. The van der Waals surface area contributed by atoms with Gasteiger partial charge in [-0.25, -0.2) is 9.97 Å². The van der Waals surface area contributed by atoms with Crippen molar-refractivity contribution < 1.29 is 0 Å². The maximum Gasteiger partial charge on any atom is 0.225 e. The summed E-state index contributed by atoms with van der Waals surface area (Å²) in [6.07, 6.45) is 9.42. The maximum atomic E-state index is 6.11. The molecule has 0 radical (unpaired) electrons. The van der Waals surface area contributed by atoms with Gasteiger partial charge in [-0.3, -0.25) is 14.8 Å². The molecule has 5 rings (SSSR count). The SMILES string of the molecule is Cn1cc(-c2cc3c(-c4ccnc(N5CCC[C@H](N)C5)n4)n[nH]c3cn2)cn1. The van der Waals surface area contributed by atoms with Crippen molar-refractivity contribution in [2.24, 2.45) is 12.8 Å². The van der Waals surface area contributed by atoms with Gasteiger partial charge in [-0.2, -0.15) is 10.2 Å². The van der Waals surface area contributed by atoms with Crippen molar-refractivity contribution in [2.75, 3.05) is 18.0 Å². The fourth-order valence-electron chi connectivity index (χ4n) is 3.65. The number of rotatable bonds is 3. The highest BCUT2D eigenvalue weighted by Gasteiger charge is 2.20. The first-order valence-electron chi connectivity index (χ1n) is 9.34. The molecule has 0 aliphatic carbocycles. The minimum absolute atomic E-state index is 0.167. The molecule has 5 heterocycles. The van der Waals surface area contributed by atoms with Crippen LogP contribution in [0.1, 0.15) is 12.8 Å². The molecule has 0 spiro atoms. The second kappa shape index (κ2) is 6.68. The Bertz CT molecular complexity index is 1130. The lowest BCUT2D eigenvalue weighted by atomic mass is 10.1. The highest BCUT2D eigenvalue weighted by Crippen LogP contribution is 2.29. The van der Waals surface area contributed by atoms with Crippen molar-refractivity contribution in [1.29, 1.82) is 0 Å². The van der Waals surface area contributed by atoms with Crippen molar-refractivity contribution in [1.82, 2.24) is 34.9 Å². The normalized spacial score (nSPS) is 17.4. The fraction of sp³-hybridized carbons (Fsp3) is 0.316. The Kier molecular flexibility index (Phi) is 4.01. The van der Waals surface area contributed by atoms with Crippen molar-refractivity contribution in [3.8, 4) is 22.6 Å². The predicted molar refractivity (Wildman–Crippen MR) is 107 cm³/mol. The summed E-state index contributed by atoms with van der Waals surface area (Å²) in [7, 11) is 1.89. The third kappa shape index (κ3) is 2.99. The number of fused-ring (bicyclic) bond motifs is 1.